The summed E-state index contributed by atoms with van der Waals surface area (Å²) >= 11 is 0. The Morgan fingerprint density at radius 3 is 2.26 bits per heavy atom. The van der Waals surface area contributed by atoms with Crippen LogP contribution in [0.2, 0.25) is 0 Å². The molecule has 0 saturated carbocycles. The quantitative estimate of drug-likeness (QED) is 0.167. The molecular formula is C26H33N3O6. The number of nitrogens with one attached hydrogen (secondary N) is 1. The second-order valence-corrected chi connectivity index (χ2v) is 7.81. The van der Waals surface area contributed by atoms with Gasteiger partial charge in [-0.3, -0.25) is 9.59 Å². The van der Waals surface area contributed by atoms with E-state index in [1.807, 2.05) is 0 Å². The Balaban J connectivity index is 1.80. The zero-order valence-electron chi connectivity index (χ0n) is 19.8. The standard InChI is InChI=1S/C26H33N3O6/c1-35-24-18-20(6-10-22(24)31)8-12-26(34)29(16-4-13-27)15-3-2-14-28-25(33)11-7-19-5-9-21(30)23(32)17-19/h5-12,17-18,30-32H,2-4,13-16,27H2,1H3,(H,28,33)/b11-7+,12-8+. The number of unbranched alkanes of at least 4 members (excludes halogenated alkanes) is 1. The number of hydrogen-bond donors (Lipinski definition) is 5. The van der Waals surface area contributed by atoms with Crippen LogP contribution in [0.3, 0.4) is 0 Å². The van der Waals surface area contributed by atoms with Crippen LogP contribution in [0.1, 0.15) is 30.4 Å². The van der Waals surface area contributed by atoms with Crippen molar-refractivity contribution in [3.8, 4) is 23.0 Å². The van der Waals surface area contributed by atoms with Crippen molar-refractivity contribution in [2.75, 3.05) is 33.3 Å². The average molecular weight is 484 g/mol. The van der Waals surface area contributed by atoms with Gasteiger partial charge in [-0.05, 0) is 73.4 Å². The van der Waals surface area contributed by atoms with Crippen molar-refractivity contribution in [2.24, 2.45) is 5.73 Å². The van der Waals surface area contributed by atoms with E-state index < -0.39 is 0 Å². The number of amides is 2. The molecule has 0 radical (unpaired) electrons. The van der Waals surface area contributed by atoms with Crippen LogP contribution in [0.15, 0.2) is 48.6 Å². The number of benzene rings is 2. The van der Waals surface area contributed by atoms with Gasteiger partial charge in [0.2, 0.25) is 11.8 Å². The summed E-state index contributed by atoms with van der Waals surface area (Å²) < 4.78 is 5.09. The van der Waals surface area contributed by atoms with Crippen LogP contribution in [-0.4, -0.2) is 65.3 Å². The number of nitrogens with zero attached hydrogens (tertiary/aromatic N) is 1. The number of phenolic OH excluding ortho intramolecular Hbond substituents is 3. The van der Waals surface area contributed by atoms with Gasteiger partial charge in [0.25, 0.3) is 0 Å². The SMILES string of the molecule is COc1cc(/C=C/C(=O)N(CCCN)CCCCNC(=O)/C=C/c2ccc(O)c(O)c2)ccc1O. The highest BCUT2D eigenvalue weighted by atomic mass is 16.5. The lowest BCUT2D eigenvalue weighted by Gasteiger charge is -2.21. The number of nitrogens with two attached hydrogens (primary N) is 1. The summed E-state index contributed by atoms with van der Waals surface area (Å²) in [5.74, 6) is -0.531. The van der Waals surface area contributed by atoms with E-state index in [2.05, 4.69) is 5.32 Å². The molecule has 0 saturated heterocycles. The van der Waals surface area contributed by atoms with Crippen molar-refractivity contribution in [1.29, 1.82) is 0 Å². The Morgan fingerprint density at radius 1 is 0.914 bits per heavy atom. The number of methoxy groups -OCH3 is 1. The minimum Gasteiger partial charge on any atom is -0.504 e. The van der Waals surface area contributed by atoms with Crippen molar-refractivity contribution in [3.05, 3.63) is 59.7 Å². The van der Waals surface area contributed by atoms with Gasteiger partial charge in [-0.25, -0.2) is 0 Å². The van der Waals surface area contributed by atoms with Crippen molar-refractivity contribution >= 4 is 24.0 Å². The van der Waals surface area contributed by atoms with Crippen molar-refractivity contribution in [2.45, 2.75) is 19.3 Å². The second kappa shape index (κ2) is 14.3. The molecule has 9 heteroatoms. The van der Waals surface area contributed by atoms with E-state index in [1.54, 1.807) is 29.2 Å². The molecule has 9 nitrogen and oxygen atoms in total. The molecule has 0 aromatic heterocycles. The average Bonchev–Trinajstić information content (AvgIpc) is 2.85. The summed E-state index contributed by atoms with van der Waals surface area (Å²) in [6.45, 7) is 1.99. The summed E-state index contributed by atoms with van der Waals surface area (Å²) in [7, 11) is 1.46. The molecule has 0 bridgehead atoms. The predicted molar refractivity (Wildman–Crippen MR) is 135 cm³/mol. The summed E-state index contributed by atoms with van der Waals surface area (Å²) in [5, 5.41) is 31.3. The van der Waals surface area contributed by atoms with Crippen molar-refractivity contribution < 1.29 is 29.6 Å². The first kappa shape index (κ1) is 27.3. The molecule has 2 amide bonds. The number of phenols is 3. The van der Waals surface area contributed by atoms with Gasteiger partial charge in [0, 0.05) is 31.8 Å². The molecule has 188 valence electrons. The molecule has 0 heterocycles. The van der Waals surface area contributed by atoms with Gasteiger partial charge in [-0.15, -0.1) is 0 Å². The Hall–Kier alpha value is -3.98. The number of hydrogen-bond acceptors (Lipinski definition) is 7. The second-order valence-electron chi connectivity index (χ2n) is 7.81. The van der Waals surface area contributed by atoms with Gasteiger partial charge < -0.3 is 36.0 Å². The van der Waals surface area contributed by atoms with E-state index in [4.69, 9.17) is 10.5 Å². The number of ether oxygens (including phenoxy) is 1. The molecule has 0 spiro atoms. The van der Waals surface area contributed by atoms with Crippen LogP contribution in [0, 0.1) is 0 Å². The van der Waals surface area contributed by atoms with Crippen LogP contribution in [-0.2, 0) is 9.59 Å². The van der Waals surface area contributed by atoms with Crippen LogP contribution >= 0.6 is 0 Å². The van der Waals surface area contributed by atoms with Crippen LogP contribution in [0.25, 0.3) is 12.2 Å². The molecular weight excluding hydrogens is 450 g/mol. The lowest BCUT2D eigenvalue weighted by Crippen LogP contribution is -2.33. The molecule has 0 fully saturated rings. The fraction of sp³-hybridized carbons (Fsp3) is 0.308. The summed E-state index contributed by atoms with van der Waals surface area (Å²) in [6, 6.07) is 9.13. The Bertz CT molecular complexity index is 1050. The minimum atomic E-state index is -0.277. The van der Waals surface area contributed by atoms with Crippen LogP contribution in [0.5, 0.6) is 23.0 Å². The summed E-state index contributed by atoms with van der Waals surface area (Å²) in [4.78, 5) is 26.4. The first-order valence-electron chi connectivity index (χ1n) is 11.4. The third-order valence-corrected chi connectivity index (χ3v) is 5.15. The van der Waals surface area contributed by atoms with Gasteiger partial charge in [0.1, 0.15) is 0 Å². The molecule has 6 N–H and O–H groups in total. The van der Waals surface area contributed by atoms with Gasteiger partial charge >= 0.3 is 0 Å². The fourth-order valence-electron chi connectivity index (χ4n) is 3.20. The highest BCUT2D eigenvalue weighted by molar-refractivity contribution is 5.92. The largest absolute Gasteiger partial charge is 0.504 e. The first-order chi connectivity index (χ1) is 16.8. The monoisotopic (exact) mass is 483 g/mol. The smallest absolute Gasteiger partial charge is 0.246 e. The highest BCUT2D eigenvalue weighted by Gasteiger charge is 2.10. The zero-order valence-corrected chi connectivity index (χ0v) is 19.8. The molecule has 0 atom stereocenters. The molecule has 35 heavy (non-hydrogen) atoms. The number of rotatable bonds is 13. The van der Waals surface area contributed by atoms with Crippen LogP contribution in [0.4, 0.5) is 0 Å². The third-order valence-electron chi connectivity index (χ3n) is 5.15. The van der Waals surface area contributed by atoms with E-state index in [0.29, 0.717) is 56.8 Å². The predicted octanol–water partition coefficient (Wildman–Crippen LogP) is 2.61. The summed E-state index contributed by atoms with van der Waals surface area (Å²) in [6.07, 6.45) is 8.11. The van der Waals surface area contributed by atoms with E-state index in [0.717, 1.165) is 5.56 Å². The molecule has 2 aromatic rings. The van der Waals surface area contributed by atoms with E-state index >= 15 is 0 Å². The molecule has 0 aliphatic carbocycles. The topological polar surface area (TPSA) is 145 Å². The van der Waals surface area contributed by atoms with Gasteiger partial charge in [0.05, 0.1) is 7.11 Å². The minimum absolute atomic E-state index is 0.0304. The molecule has 0 aliphatic heterocycles. The van der Waals surface area contributed by atoms with E-state index in [9.17, 15) is 24.9 Å². The number of carbonyl (C=O) groups excluding carboxylic acids is 2. The van der Waals surface area contributed by atoms with Gasteiger partial charge in [0.15, 0.2) is 23.0 Å². The molecule has 2 rings (SSSR count). The van der Waals surface area contributed by atoms with Crippen molar-refractivity contribution in [1.82, 2.24) is 10.2 Å². The number of aromatic hydroxyl groups is 3. The Kier molecular flexibility index (Phi) is 11.2. The molecule has 0 aliphatic rings. The highest BCUT2D eigenvalue weighted by Crippen LogP contribution is 2.27. The maximum atomic E-state index is 12.7. The molecule has 0 unspecified atom stereocenters. The van der Waals surface area contributed by atoms with Gasteiger partial charge in [-0.2, -0.15) is 0 Å². The van der Waals surface area contributed by atoms with Crippen molar-refractivity contribution in [3.63, 3.8) is 0 Å². The Labute approximate surface area is 205 Å². The molecule has 2 aromatic carbocycles. The number of carbonyl (C=O) groups is 2. The maximum absolute atomic E-state index is 12.7. The normalized spacial score (nSPS) is 11.1. The summed E-state index contributed by atoms with van der Waals surface area (Å²) in [5.41, 5.74) is 6.92. The Morgan fingerprint density at radius 2 is 1.57 bits per heavy atom. The van der Waals surface area contributed by atoms with E-state index in [-0.39, 0.29) is 29.1 Å². The lowest BCUT2D eigenvalue weighted by atomic mass is 10.2. The fourth-order valence-corrected chi connectivity index (χ4v) is 3.20. The van der Waals surface area contributed by atoms with Crippen LogP contribution < -0.4 is 15.8 Å². The van der Waals surface area contributed by atoms with E-state index in [1.165, 1.54) is 43.5 Å². The lowest BCUT2D eigenvalue weighted by molar-refractivity contribution is -0.126. The first-order valence-corrected chi connectivity index (χ1v) is 11.4. The zero-order chi connectivity index (χ0) is 25.6. The van der Waals surface area contributed by atoms with Gasteiger partial charge in [-0.1, -0.05) is 12.1 Å². The third kappa shape index (κ3) is 9.42. The maximum Gasteiger partial charge on any atom is 0.246 e.